The van der Waals surface area contributed by atoms with Crippen LogP contribution < -0.4 is 0 Å². The fraction of sp³-hybridized carbons (Fsp3) is 0.438. The van der Waals surface area contributed by atoms with Gasteiger partial charge in [-0.1, -0.05) is 120 Å². The van der Waals surface area contributed by atoms with Crippen molar-refractivity contribution in [2.75, 3.05) is 0 Å². The van der Waals surface area contributed by atoms with Crippen molar-refractivity contribution in [2.45, 2.75) is 85.0 Å². The third kappa shape index (κ3) is 7.21. The quantitative estimate of drug-likeness (QED) is 0.193. The number of rotatable bonds is 14. The van der Waals surface area contributed by atoms with E-state index >= 15 is 0 Å². The first-order valence-electron chi connectivity index (χ1n) is 12.6. The second kappa shape index (κ2) is 13.0. The van der Waals surface area contributed by atoms with Gasteiger partial charge in [-0.3, -0.25) is 0 Å². The van der Waals surface area contributed by atoms with E-state index in [1.807, 2.05) is 18.2 Å². The summed E-state index contributed by atoms with van der Waals surface area (Å²) in [6.45, 7) is 22.6. The molecule has 0 saturated heterocycles. The molecule has 1 atom stereocenters. The Kier molecular flexibility index (Phi) is 10.7. The molecule has 1 unspecified atom stereocenters. The van der Waals surface area contributed by atoms with Crippen molar-refractivity contribution < 1.29 is 0 Å². The van der Waals surface area contributed by atoms with E-state index in [-0.39, 0.29) is 5.41 Å². The second-order valence-corrected chi connectivity index (χ2v) is 10.0. The van der Waals surface area contributed by atoms with E-state index in [4.69, 9.17) is 11.6 Å². The molecule has 0 spiro atoms. The molecule has 0 saturated carbocycles. The zero-order valence-electron chi connectivity index (χ0n) is 21.4. The summed E-state index contributed by atoms with van der Waals surface area (Å²) < 4.78 is 0. The van der Waals surface area contributed by atoms with Gasteiger partial charge in [-0.05, 0) is 77.8 Å². The van der Waals surface area contributed by atoms with Crippen LogP contribution in [0.5, 0.6) is 0 Å². The van der Waals surface area contributed by atoms with Crippen LogP contribution in [-0.2, 0) is 12.8 Å². The number of hydrogen-bond acceptors (Lipinski definition) is 0. The lowest BCUT2D eigenvalue weighted by Gasteiger charge is -2.38. The molecular formula is C32H43Cl. The average molecular weight is 463 g/mol. The number of allylic oxidation sites excluding steroid dienone is 3. The molecule has 0 aliphatic rings. The monoisotopic (exact) mass is 462 g/mol. The van der Waals surface area contributed by atoms with Crippen molar-refractivity contribution in [3.8, 4) is 0 Å². The molecule has 2 aromatic rings. The van der Waals surface area contributed by atoms with Crippen LogP contribution in [0.15, 0.2) is 85.0 Å². The van der Waals surface area contributed by atoms with Crippen LogP contribution in [0, 0.1) is 5.41 Å². The first-order valence-corrected chi connectivity index (χ1v) is 13.0. The van der Waals surface area contributed by atoms with Gasteiger partial charge in [-0.15, -0.1) is 0 Å². The minimum atomic E-state index is 0.0660. The molecule has 1 heteroatoms. The SMILES string of the molecule is C=C(Cc1ccccc1Cl)C(=C)C(CCC)(CCC)CCC(=C)C(C)c1ccc(CC)cc1. The van der Waals surface area contributed by atoms with Crippen LogP contribution in [0.1, 0.15) is 88.8 Å². The molecule has 0 bridgehead atoms. The third-order valence-corrected chi connectivity index (χ3v) is 7.68. The highest BCUT2D eigenvalue weighted by Crippen LogP contribution is 2.46. The first-order chi connectivity index (χ1) is 15.8. The lowest BCUT2D eigenvalue weighted by molar-refractivity contribution is 0.272. The molecule has 2 aromatic carbocycles. The molecule has 2 rings (SSSR count). The first kappa shape index (κ1) is 27.2. The van der Waals surface area contributed by atoms with E-state index in [0.717, 1.165) is 67.5 Å². The second-order valence-electron chi connectivity index (χ2n) is 9.61. The van der Waals surface area contributed by atoms with Crippen molar-refractivity contribution in [2.24, 2.45) is 5.41 Å². The molecule has 0 radical (unpaired) electrons. The summed E-state index contributed by atoms with van der Waals surface area (Å²) in [5.41, 5.74) is 7.56. The van der Waals surface area contributed by atoms with Gasteiger partial charge in [0.05, 0.1) is 0 Å². The third-order valence-electron chi connectivity index (χ3n) is 7.31. The van der Waals surface area contributed by atoms with Gasteiger partial charge in [0.1, 0.15) is 0 Å². The maximum Gasteiger partial charge on any atom is 0.0441 e. The molecule has 0 N–H and O–H groups in total. The van der Waals surface area contributed by atoms with Gasteiger partial charge < -0.3 is 0 Å². The Morgan fingerprint density at radius 2 is 1.48 bits per heavy atom. The van der Waals surface area contributed by atoms with Gasteiger partial charge in [-0.25, -0.2) is 0 Å². The summed E-state index contributed by atoms with van der Waals surface area (Å²) in [6, 6.07) is 17.1. The van der Waals surface area contributed by atoms with E-state index in [0.29, 0.717) is 5.92 Å². The van der Waals surface area contributed by atoms with Crippen LogP contribution >= 0.6 is 11.6 Å². The maximum atomic E-state index is 6.44. The highest BCUT2D eigenvalue weighted by Gasteiger charge is 2.33. The Balaban J connectivity index is 2.17. The largest absolute Gasteiger partial charge is 0.0993 e. The predicted octanol–water partition coefficient (Wildman–Crippen LogP) is 10.3. The fourth-order valence-electron chi connectivity index (χ4n) is 5.03. The van der Waals surface area contributed by atoms with Gasteiger partial charge in [0.2, 0.25) is 0 Å². The van der Waals surface area contributed by atoms with E-state index in [1.165, 1.54) is 22.3 Å². The minimum absolute atomic E-state index is 0.0660. The molecule has 0 fully saturated rings. The van der Waals surface area contributed by atoms with Crippen molar-refractivity contribution in [3.05, 3.63) is 107 Å². The predicted molar refractivity (Wildman–Crippen MR) is 148 cm³/mol. The average Bonchev–Trinajstić information content (AvgIpc) is 2.83. The van der Waals surface area contributed by atoms with Gasteiger partial charge >= 0.3 is 0 Å². The van der Waals surface area contributed by atoms with E-state index < -0.39 is 0 Å². The number of hydrogen-bond donors (Lipinski definition) is 0. The molecule has 0 heterocycles. The normalized spacial score (nSPS) is 12.4. The topological polar surface area (TPSA) is 0 Å². The van der Waals surface area contributed by atoms with Crippen molar-refractivity contribution in [1.29, 1.82) is 0 Å². The van der Waals surface area contributed by atoms with E-state index in [2.05, 4.69) is 77.8 Å². The van der Waals surface area contributed by atoms with Crippen molar-refractivity contribution in [3.63, 3.8) is 0 Å². The number of benzene rings is 2. The highest BCUT2D eigenvalue weighted by molar-refractivity contribution is 6.31. The molecular weight excluding hydrogens is 420 g/mol. The molecule has 0 amide bonds. The molecule has 0 nitrogen and oxygen atoms in total. The van der Waals surface area contributed by atoms with E-state index in [9.17, 15) is 0 Å². The molecule has 33 heavy (non-hydrogen) atoms. The molecule has 178 valence electrons. The van der Waals surface area contributed by atoms with Gasteiger partial charge in [-0.2, -0.15) is 0 Å². The molecule has 0 aliphatic carbocycles. The molecule has 0 aliphatic heterocycles. The zero-order chi connectivity index (χ0) is 24.4. The summed E-state index contributed by atoms with van der Waals surface area (Å²) in [6.07, 6.45) is 8.46. The summed E-state index contributed by atoms with van der Waals surface area (Å²) in [7, 11) is 0. The number of halogens is 1. The lowest BCUT2D eigenvalue weighted by Crippen LogP contribution is -2.25. The standard InChI is InChI=1S/C32H43Cl/c1-8-20-32(21-9-2,27(7)25(5)23-30-13-11-12-14-31(30)33)22-19-24(4)26(6)29-17-15-28(10-3)16-18-29/h11-18,26H,4-5,7-10,19-23H2,1-3,6H3. The van der Waals surface area contributed by atoms with Crippen LogP contribution in [0.25, 0.3) is 0 Å². The summed E-state index contributed by atoms with van der Waals surface area (Å²) in [4.78, 5) is 0. The summed E-state index contributed by atoms with van der Waals surface area (Å²) in [5.74, 6) is 0.358. The Hall–Kier alpha value is -2.05. The Morgan fingerprint density at radius 1 is 0.879 bits per heavy atom. The Morgan fingerprint density at radius 3 is 2.03 bits per heavy atom. The summed E-state index contributed by atoms with van der Waals surface area (Å²) >= 11 is 6.44. The van der Waals surface area contributed by atoms with E-state index in [1.54, 1.807) is 0 Å². The highest BCUT2D eigenvalue weighted by atomic mass is 35.5. The van der Waals surface area contributed by atoms with Crippen molar-refractivity contribution in [1.82, 2.24) is 0 Å². The van der Waals surface area contributed by atoms with Crippen molar-refractivity contribution >= 4 is 11.6 Å². The molecule has 0 aromatic heterocycles. The fourth-order valence-corrected chi connectivity index (χ4v) is 5.23. The van der Waals surface area contributed by atoms with Gasteiger partial charge in [0.15, 0.2) is 0 Å². The van der Waals surface area contributed by atoms with Crippen LogP contribution in [0.3, 0.4) is 0 Å². The van der Waals surface area contributed by atoms with Crippen LogP contribution in [-0.4, -0.2) is 0 Å². The minimum Gasteiger partial charge on any atom is -0.0993 e. The maximum absolute atomic E-state index is 6.44. The Labute approximate surface area is 208 Å². The lowest BCUT2D eigenvalue weighted by atomic mass is 9.67. The van der Waals surface area contributed by atoms with Gasteiger partial charge in [0.25, 0.3) is 0 Å². The Bertz CT molecular complexity index is 925. The number of aryl methyl sites for hydroxylation is 1. The zero-order valence-corrected chi connectivity index (χ0v) is 22.1. The van der Waals surface area contributed by atoms with Crippen LogP contribution in [0.4, 0.5) is 0 Å². The summed E-state index contributed by atoms with van der Waals surface area (Å²) in [5, 5.41) is 0.805. The van der Waals surface area contributed by atoms with Gasteiger partial charge in [0, 0.05) is 10.9 Å². The van der Waals surface area contributed by atoms with Crippen LogP contribution in [0.2, 0.25) is 5.02 Å². The smallest absolute Gasteiger partial charge is 0.0441 e.